The lowest BCUT2D eigenvalue weighted by Crippen LogP contribution is -2.36. The van der Waals surface area contributed by atoms with Crippen LogP contribution in [-0.2, 0) is 4.79 Å². The normalized spacial score (nSPS) is 11.9. The van der Waals surface area contributed by atoms with E-state index in [9.17, 15) is 4.79 Å². The number of carbonyl (C=O) groups is 1. The fourth-order valence-electron chi connectivity index (χ4n) is 2.04. The van der Waals surface area contributed by atoms with E-state index < -0.39 is 0 Å². The largest absolute Gasteiger partial charge is 0.283 e. The summed E-state index contributed by atoms with van der Waals surface area (Å²) in [5, 5.41) is 1.13. The zero-order chi connectivity index (χ0) is 13.8. The molecule has 0 aliphatic heterocycles. The lowest BCUT2D eigenvalue weighted by Gasteiger charge is -2.16. The van der Waals surface area contributed by atoms with Gasteiger partial charge in [-0.3, -0.25) is 9.80 Å². The smallest absolute Gasteiger partial charge is 0.243 e. The molecule has 0 fully saturated rings. The van der Waals surface area contributed by atoms with Crippen LogP contribution in [0.25, 0.3) is 11.1 Å². The number of hydrazine groups is 1. The highest BCUT2D eigenvalue weighted by Crippen LogP contribution is 2.23. The molecular formula is C16H18N2O. The van der Waals surface area contributed by atoms with Crippen molar-refractivity contribution in [1.29, 1.82) is 0 Å². The molecule has 0 heterocycles. The Balaban J connectivity index is 2.22. The van der Waals surface area contributed by atoms with Crippen molar-refractivity contribution in [2.75, 3.05) is 7.05 Å². The third-order valence-corrected chi connectivity index (χ3v) is 3.24. The number of rotatable bonds is 3. The van der Waals surface area contributed by atoms with E-state index in [1.165, 1.54) is 5.56 Å². The van der Waals surface area contributed by atoms with Crippen LogP contribution in [0, 0.1) is 0 Å². The number of amides is 1. The van der Waals surface area contributed by atoms with Crippen LogP contribution in [0.4, 0.5) is 0 Å². The van der Waals surface area contributed by atoms with Crippen molar-refractivity contribution < 1.29 is 4.79 Å². The molecule has 3 heteroatoms. The van der Waals surface area contributed by atoms with E-state index in [0.717, 1.165) is 16.1 Å². The van der Waals surface area contributed by atoms with Gasteiger partial charge in [-0.05, 0) is 23.6 Å². The van der Waals surface area contributed by atoms with E-state index in [-0.39, 0.29) is 11.8 Å². The monoisotopic (exact) mass is 254 g/mol. The van der Waals surface area contributed by atoms with Crippen LogP contribution in [0.1, 0.15) is 18.4 Å². The van der Waals surface area contributed by atoms with Gasteiger partial charge in [0.25, 0.3) is 0 Å². The Labute approximate surface area is 113 Å². The quantitative estimate of drug-likeness (QED) is 0.520. The summed E-state index contributed by atoms with van der Waals surface area (Å²) in [6.07, 6.45) is 0. The molecule has 1 unspecified atom stereocenters. The molecule has 0 saturated carbocycles. The van der Waals surface area contributed by atoms with Gasteiger partial charge in [0.1, 0.15) is 0 Å². The summed E-state index contributed by atoms with van der Waals surface area (Å²) in [4.78, 5) is 11.8. The van der Waals surface area contributed by atoms with Gasteiger partial charge in [0.05, 0.1) is 5.92 Å². The summed E-state index contributed by atoms with van der Waals surface area (Å²) in [5.41, 5.74) is 3.29. The van der Waals surface area contributed by atoms with Gasteiger partial charge >= 0.3 is 0 Å². The van der Waals surface area contributed by atoms with Gasteiger partial charge in [0, 0.05) is 7.05 Å². The van der Waals surface area contributed by atoms with Gasteiger partial charge in [-0.25, -0.2) is 5.84 Å². The number of carbonyl (C=O) groups excluding carboxylic acids is 1. The topological polar surface area (TPSA) is 46.3 Å². The molecular weight excluding hydrogens is 236 g/mol. The zero-order valence-electron chi connectivity index (χ0n) is 11.2. The van der Waals surface area contributed by atoms with Crippen molar-refractivity contribution in [3.8, 4) is 11.1 Å². The number of hydrogen-bond donors (Lipinski definition) is 1. The molecule has 3 nitrogen and oxygen atoms in total. The van der Waals surface area contributed by atoms with Crippen molar-refractivity contribution in [1.82, 2.24) is 5.01 Å². The highest BCUT2D eigenvalue weighted by atomic mass is 16.2. The maximum absolute atomic E-state index is 11.8. The van der Waals surface area contributed by atoms with Gasteiger partial charge < -0.3 is 0 Å². The predicted octanol–water partition coefficient (Wildman–Crippen LogP) is 2.79. The Morgan fingerprint density at radius 3 is 2.05 bits per heavy atom. The van der Waals surface area contributed by atoms with Gasteiger partial charge in [-0.15, -0.1) is 0 Å². The first-order chi connectivity index (χ1) is 9.09. The van der Waals surface area contributed by atoms with Crippen LogP contribution < -0.4 is 5.84 Å². The molecule has 98 valence electrons. The predicted molar refractivity (Wildman–Crippen MR) is 77.3 cm³/mol. The molecule has 2 aromatic carbocycles. The van der Waals surface area contributed by atoms with Crippen LogP contribution in [-0.4, -0.2) is 18.0 Å². The molecule has 1 amide bonds. The molecule has 0 spiro atoms. The van der Waals surface area contributed by atoms with Crippen LogP contribution >= 0.6 is 0 Å². The molecule has 0 aliphatic carbocycles. The Morgan fingerprint density at radius 2 is 1.53 bits per heavy atom. The fourth-order valence-corrected chi connectivity index (χ4v) is 2.04. The minimum absolute atomic E-state index is 0.0903. The molecule has 0 aromatic heterocycles. The Hall–Kier alpha value is -2.13. The lowest BCUT2D eigenvalue weighted by atomic mass is 9.97. The highest BCUT2D eigenvalue weighted by molar-refractivity contribution is 5.82. The summed E-state index contributed by atoms with van der Waals surface area (Å²) in [6, 6.07) is 18.2. The van der Waals surface area contributed by atoms with Gasteiger partial charge in [0.15, 0.2) is 0 Å². The van der Waals surface area contributed by atoms with E-state index in [2.05, 4.69) is 12.1 Å². The molecule has 19 heavy (non-hydrogen) atoms. The number of hydrogen-bond acceptors (Lipinski definition) is 2. The first kappa shape index (κ1) is 13.3. The maximum Gasteiger partial charge on any atom is 0.243 e. The second-order valence-electron chi connectivity index (χ2n) is 4.66. The average Bonchev–Trinajstić information content (AvgIpc) is 2.46. The van der Waals surface area contributed by atoms with E-state index in [1.807, 2.05) is 49.4 Å². The van der Waals surface area contributed by atoms with Crippen molar-refractivity contribution in [3.63, 3.8) is 0 Å². The molecule has 2 N–H and O–H groups in total. The van der Waals surface area contributed by atoms with E-state index in [1.54, 1.807) is 7.05 Å². The Bertz CT molecular complexity index is 547. The molecule has 0 aliphatic rings. The minimum atomic E-state index is -0.222. The zero-order valence-corrected chi connectivity index (χ0v) is 11.2. The molecule has 0 radical (unpaired) electrons. The second kappa shape index (κ2) is 5.67. The standard InChI is InChI=1S/C16H18N2O/c1-12(16(19)18(2)17)13-8-10-15(11-9-13)14-6-4-3-5-7-14/h3-12H,17H2,1-2H3. The maximum atomic E-state index is 11.8. The minimum Gasteiger partial charge on any atom is -0.283 e. The highest BCUT2D eigenvalue weighted by Gasteiger charge is 2.17. The van der Waals surface area contributed by atoms with Crippen LogP contribution in [0.3, 0.4) is 0 Å². The molecule has 0 bridgehead atoms. The second-order valence-corrected chi connectivity index (χ2v) is 4.66. The van der Waals surface area contributed by atoms with Crippen LogP contribution in [0.5, 0.6) is 0 Å². The van der Waals surface area contributed by atoms with Crippen molar-refractivity contribution in [3.05, 3.63) is 60.2 Å². The van der Waals surface area contributed by atoms with Crippen molar-refractivity contribution in [2.45, 2.75) is 12.8 Å². The van der Waals surface area contributed by atoms with Gasteiger partial charge in [-0.1, -0.05) is 54.6 Å². The first-order valence-corrected chi connectivity index (χ1v) is 6.27. The third kappa shape index (κ3) is 3.01. The van der Waals surface area contributed by atoms with Crippen molar-refractivity contribution >= 4 is 5.91 Å². The van der Waals surface area contributed by atoms with Crippen LogP contribution in [0.15, 0.2) is 54.6 Å². The number of nitrogens with zero attached hydrogens (tertiary/aromatic N) is 1. The molecule has 0 saturated heterocycles. The number of benzene rings is 2. The fraction of sp³-hybridized carbons (Fsp3) is 0.188. The lowest BCUT2D eigenvalue weighted by molar-refractivity contribution is -0.131. The molecule has 1 atom stereocenters. The number of nitrogens with two attached hydrogens (primary N) is 1. The Kier molecular flexibility index (Phi) is 3.97. The third-order valence-electron chi connectivity index (χ3n) is 3.24. The molecule has 2 rings (SSSR count). The van der Waals surface area contributed by atoms with Crippen LogP contribution in [0.2, 0.25) is 0 Å². The van der Waals surface area contributed by atoms with E-state index in [0.29, 0.717) is 0 Å². The summed E-state index contributed by atoms with van der Waals surface area (Å²) in [7, 11) is 1.57. The summed E-state index contributed by atoms with van der Waals surface area (Å²) in [5.74, 6) is 5.17. The Morgan fingerprint density at radius 1 is 1.00 bits per heavy atom. The summed E-state index contributed by atoms with van der Waals surface area (Å²) >= 11 is 0. The first-order valence-electron chi connectivity index (χ1n) is 6.27. The average molecular weight is 254 g/mol. The summed E-state index contributed by atoms with van der Waals surface area (Å²) < 4.78 is 0. The van der Waals surface area contributed by atoms with Gasteiger partial charge in [-0.2, -0.15) is 0 Å². The van der Waals surface area contributed by atoms with E-state index >= 15 is 0 Å². The van der Waals surface area contributed by atoms with Crippen molar-refractivity contribution in [2.24, 2.45) is 5.84 Å². The molecule has 2 aromatic rings. The van der Waals surface area contributed by atoms with Gasteiger partial charge in [0.2, 0.25) is 5.91 Å². The SMILES string of the molecule is CC(C(=O)N(C)N)c1ccc(-c2ccccc2)cc1. The number of likely N-dealkylation sites (N-methyl/N-ethyl adjacent to an activating group) is 1. The van der Waals surface area contributed by atoms with E-state index in [4.69, 9.17) is 5.84 Å². The summed E-state index contributed by atoms with van der Waals surface area (Å²) in [6.45, 7) is 1.86.